The zero-order valence-electron chi connectivity index (χ0n) is 8.71. The van der Waals surface area contributed by atoms with Gasteiger partial charge in [-0.1, -0.05) is 0 Å². The maximum absolute atomic E-state index is 11.2. The molecule has 0 unspecified atom stereocenters. The lowest BCUT2D eigenvalue weighted by atomic mass is 10.2. The highest BCUT2D eigenvalue weighted by Gasteiger charge is 2.13. The Labute approximate surface area is 92.4 Å². The molecule has 1 heterocycles. The number of hydrogen-bond acceptors (Lipinski definition) is 5. The van der Waals surface area contributed by atoms with Crippen LogP contribution in [0.15, 0.2) is 30.6 Å². The Morgan fingerprint density at radius 3 is 2.62 bits per heavy atom. The van der Waals surface area contributed by atoms with E-state index >= 15 is 0 Å². The number of aliphatic hydroxyl groups excluding tert-OH is 1. The SMILES string of the molecule is CCOC(=O)C(=O)C=C(O)c1ccncc1. The number of hydrogen-bond donors (Lipinski definition) is 1. The summed E-state index contributed by atoms with van der Waals surface area (Å²) >= 11 is 0. The number of ether oxygens (including phenoxy) is 1. The summed E-state index contributed by atoms with van der Waals surface area (Å²) < 4.78 is 4.48. The maximum Gasteiger partial charge on any atom is 0.379 e. The predicted octanol–water partition coefficient (Wildman–Crippen LogP) is 1.11. The smallest absolute Gasteiger partial charge is 0.379 e. The highest BCUT2D eigenvalue weighted by molar-refractivity contribution is 6.39. The molecule has 0 saturated heterocycles. The molecule has 0 bridgehead atoms. The van der Waals surface area contributed by atoms with E-state index in [2.05, 4.69) is 9.72 Å². The minimum atomic E-state index is -0.983. The third-order valence-electron chi connectivity index (χ3n) is 1.72. The second kappa shape index (κ2) is 5.65. The highest BCUT2D eigenvalue weighted by Crippen LogP contribution is 2.09. The number of aliphatic hydroxyl groups is 1. The number of rotatable bonds is 4. The van der Waals surface area contributed by atoms with Crippen LogP contribution in [0.1, 0.15) is 12.5 Å². The normalized spacial score (nSPS) is 10.9. The number of nitrogens with zero attached hydrogens (tertiary/aromatic N) is 1. The average Bonchev–Trinajstić information content (AvgIpc) is 2.30. The van der Waals surface area contributed by atoms with Gasteiger partial charge < -0.3 is 9.84 Å². The quantitative estimate of drug-likeness (QED) is 0.356. The van der Waals surface area contributed by atoms with Crippen LogP contribution in [0.5, 0.6) is 0 Å². The molecular formula is C11H11NO4. The lowest BCUT2D eigenvalue weighted by Crippen LogP contribution is -2.15. The van der Waals surface area contributed by atoms with E-state index in [4.69, 9.17) is 0 Å². The summed E-state index contributed by atoms with van der Waals surface area (Å²) in [6.45, 7) is 1.71. The molecule has 0 aromatic carbocycles. The molecule has 1 aromatic heterocycles. The first kappa shape index (κ1) is 11.9. The topological polar surface area (TPSA) is 76.5 Å². The van der Waals surface area contributed by atoms with Gasteiger partial charge in [-0.05, 0) is 19.1 Å². The summed E-state index contributed by atoms with van der Waals surface area (Å²) in [6, 6.07) is 3.04. The van der Waals surface area contributed by atoms with Crippen molar-refractivity contribution in [3.63, 3.8) is 0 Å². The summed E-state index contributed by atoms with van der Waals surface area (Å²) in [7, 11) is 0. The van der Waals surface area contributed by atoms with E-state index in [0.717, 1.165) is 6.08 Å². The standard InChI is InChI=1S/C11H11NO4/c1-2-16-11(15)10(14)7-9(13)8-3-5-12-6-4-8/h3-7,13H,2H2,1H3. The number of carbonyl (C=O) groups is 2. The first-order valence-corrected chi connectivity index (χ1v) is 4.67. The van der Waals surface area contributed by atoms with E-state index < -0.39 is 11.8 Å². The van der Waals surface area contributed by atoms with Crippen molar-refractivity contribution >= 4 is 17.5 Å². The molecule has 0 aliphatic carbocycles. The van der Waals surface area contributed by atoms with Gasteiger partial charge in [0.25, 0.3) is 5.78 Å². The van der Waals surface area contributed by atoms with Crippen molar-refractivity contribution in [2.75, 3.05) is 6.61 Å². The van der Waals surface area contributed by atoms with E-state index in [1.807, 2.05) is 0 Å². The van der Waals surface area contributed by atoms with Gasteiger partial charge in [-0.3, -0.25) is 9.78 Å². The predicted molar refractivity (Wildman–Crippen MR) is 56.5 cm³/mol. The van der Waals surface area contributed by atoms with E-state index in [0.29, 0.717) is 5.56 Å². The van der Waals surface area contributed by atoms with Gasteiger partial charge in [0.2, 0.25) is 0 Å². The molecule has 0 aliphatic heterocycles. The zero-order valence-corrected chi connectivity index (χ0v) is 8.71. The lowest BCUT2D eigenvalue weighted by molar-refractivity contribution is -0.151. The van der Waals surface area contributed by atoms with Crippen LogP contribution in [0.2, 0.25) is 0 Å². The Morgan fingerprint density at radius 2 is 2.06 bits per heavy atom. The van der Waals surface area contributed by atoms with Crippen molar-refractivity contribution in [3.8, 4) is 0 Å². The van der Waals surface area contributed by atoms with Crippen molar-refractivity contribution in [1.29, 1.82) is 0 Å². The third kappa shape index (κ3) is 3.20. The molecule has 0 spiro atoms. The van der Waals surface area contributed by atoms with E-state index in [9.17, 15) is 14.7 Å². The number of esters is 1. The van der Waals surface area contributed by atoms with Crippen LogP contribution < -0.4 is 0 Å². The molecule has 1 N–H and O–H groups in total. The molecule has 0 atom stereocenters. The van der Waals surface area contributed by atoms with E-state index in [1.165, 1.54) is 24.5 Å². The molecule has 1 aromatic rings. The van der Waals surface area contributed by atoms with Gasteiger partial charge in [0.1, 0.15) is 5.76 Å². The van der Waals surface area contributed by atoms with Gasteiger partial charge in [-0.15, -0.1) is 0 Å². The van der Waals surface area contributed by atoms with Gasteiger partial charge in [-0.25, -0.2) is 4.79 Å². The Balaban J connectivity index is 2.78. The molecule has 0 saturated carbocycles. The van der Waals surface area contributed by atoms with Crippen LogP contribution in [0.4, 0.5) is 0 Å². The fourth-order valence-electron chi connectivity index (χ4n) is 0.991. The highest BCUT2D eigenvalue weighted by atomic mass is 16.5. The minimum absolute atomic E-state index is 0.119. The Bertz CT molecular complexity index is 411. The number of aromatic nitrogens is 1. The summed E-state index contributed by atoms with van der Waals surface area (Å²) in [4.78, 5) is 25.9. The molecule has 5 heteroatoms. The molecular weight excluding hydrogens is 210 g/mol. The lowest BCUT2D eigenvalue weighted by Gasteiger charge is -1.99. The monoisotopic (exact) mass is 221 g/mol. The van der Waals surface area contributed by atoms with E-state index in [-0.39, 0.29) is 12.4 Å². The van der Waals surface area contributed by atoms with Gasteiger partial charge >= 0.3 is 5.97 Å². The maximum atomic E-state index is 11.2. The van der Waals surface area contributed by atoms with Crippen molar-refractivity contribution < 1.29 is 19.4 Å². The molecule has 0 amide bonds. The molecule has 84 valence electrons. The fraction of sp³-hybridized carbons (Fsp3) is 0.182. The molecule has 5 nitrogen and oxygen atoms in total. The summed E-state index contributed by atoms with van der Waals surface area (Å²) in [5.41, 5.74) is 0.410. The number of pyridine rings is 1. The number of ketones is 1. The summed E-state index contributed by atoms with van der Waals surface area (Å²) in [5.74, 6) is -2.17. The summed E-state index contributed by atoms with van der Waals surface area (Å²) in [5, 5.41) is 9.51. The number of carbonyl (C=O) groups excluding carboxylic acids is 2. The van der Waals surface area contributed by atoms with Crippen LogP contribution >= 0.6 is 0 Å². The molecule has 1 rings (SSSR count). The van der Waals surface area contributed by atoms with Gasteiger partial charge in [0.05, 0.1) is 6.61 Å². The van der Waals surface area contributed by atoms with Crippen LogP contribution in [-0.2, 0) is 14.3 Å². The zero-order chi connectivity index (χ0) is 12.0. The second-order valence-electron chi connectivity index (χ2n) is 2.85. The Kier molecular flexibility index (Phi) is 4.20. The third-order valence-corrected chi connectivity index (χ3v) is 1.72. The molecule has 16 heavy (non-hydrogen) atoms. The van der Waals surface area contributed by atoms with Crippen LogP contribution in [0.25, 0.3) is 5.76 Å². The Morgan fingerprint density at radius 1 is 1.44 bits per heavy atom. The van der Waals surface area contributed by atoms with Crippen molar-refractivity contribution in [2.24, 2.45) is 0 Å². The van der Waals surface area contributed by atoms with Crippen molar-refractivity contribution in [3.05, 3.63) is 36.2 Å². The van der Waals surface area contributed by atoms with Gasteiger partial charge in [0, 0.05) is 24.0 Å². The van der Waals surface area contributed by atoms with Crippen LogP contribution in [0, 0.1) is 0 Å². The minimum Gasteiger partial charge on any atom is -0.507 e. The van der Waals surface area contributed by atoms with Crippen LogP contribution in [-0.4, -0.2) is 28.4 Å². The first-order valence-electron chi connectivity index (χ1n) is 4.67. The molecule has 0 aliphatic rings. The second-order valence-corrected chi connectivity index (χ2v) is 2.85. The van der Waals surface area contributed by atoms with Crippen molar-refractivity contribution in [2.45, 2.75) is 6.92 Å². The van der Waals surface area contributed by atoms with Gasteiger partial charge in [-0.2, -0.15) is 0 Å². The molecule has 0 fully saturated rings. The first-order chi connectivity index (χ1) is 7.65. The summed E-state index contributed by atoms with van der Waals surface area (Å²) in [6.07, 6.45) is 3.76. The Hall–Kier alpha value is -2.17. The largest absolute Gasteiger partial charge is 0.507 e. The fourth-order valence-corrected chi connectivity index (χ4v) is 0.991. The molecule has 0 radical (unpaired) electrons. The average molecular weight is 221 g/mol. The van der Waals surface area contributed by atoms with E-state index in [1.54, 1.807) is 6.92 Å². The van der Waals surface area contributed by atoms with Crippen molar-refractivity contribution in [1.82, 2.24) is 4.98 Å². The van der Waals surface area contributed by atoms with Crippen LogP contribution in [0.3, 0.4) is 0 Å². The van der Waals surface area contributed by atoms with Gasteiger partial charge in [0.15, 0.2) is 0 Å².